The third kappa shape index (κ3) is 4.73. The molecule has 0 fully saturated rings. The van der Waals surface area contributed by atoms with Gasteiger partial charge in [-0.3, -0.25) is 0 Å². The quantitative estimate of drug-likeness (QED) is 0.548. The maximum Gasteiger partial charge on any atom is 0.120 e. The number of isothiocyanates is 1. The van der Waals surface area contributed by atoms with Crippen molar-refractivity contribution in [2.45, 2.75) is 34.1 Å². The highest BCUT2D eigenvalue weighted by Gasteiger charge is 2.21. The summed E-state index contributed by atoms with van der Waals surface area (Å²) in [5, 5.41) is 2.37. The Hall–Kier alpha value is -0.920. The second-order valence-corrected chi connectivity index (χ2v) is 4.22. The molecule has 0 saturated carbocycles. The van der Waals surface area contributed by atoms with Gasteiger partial charge < -0.3 is 4.74 Å². The van der Waals surface area contributed by atoms with E-state index in [-0.39, 0.29) is 5.41 Å². The smallest absolute Gasteiger partial charge is 0.120 e. The third-order valence-electron chi connectivity index (χ3n) is 2.25. The Kier molecular flexibility index (Phi) is 6.95. The van der Waals surface area contributed by atoms with Gasteiger partial charge in [0.15, 0.2) is 0 Å². The normalized spacial score (nSPS) is 17.1. The third-order valence-corrected chi connectivity index (χ3v) is 2.38. The van der Waals surface area contributed by atoms with E-state index in [0.717, 1.165) is 17.8 Å². The number of allylic oxidation sites excluding steroid dienone is 2. The zero-order valence-corrected chi connectivity index (χ0v) is 11.6. The van der Waals surface area contributed by atoms with Crippen LogP contribution in [0.15, 0.2) is 28.5 Å². The predicted octanol–water partition coefficient (Wildman–Crippen LogP) is 4.00. The van der Waals surface area contributed by atoms with Crippen molar-refractivity contribution < 1.29 is 4.74 Å². The van der Waals surface area contributed by atoms with Crippen LogP contribution in [0, 0.1) is 5.41 Å². The van der Waals surface area contributed by atoms with Gasteiger partial charge in [0.1, 0.15) is 5.76 Å². The van der Waals surface area contributed by atoms with Crippen LogP contribution in [-0.2, 0) is 4.74 Å². The standard InChI is InChI=1S/C11H15NOS.C2H6/c1-11(2)5-4-9(7-12-8-14)10(6-11)13-3;1-2/h4,6H,5,7H2,1-3H3;1-2H3. The SMILES string of the molecule is CC.COC1=CC(C)(C)CC=C1CN=C=S. The lowest BCUT2D eigenvalue weighted by atomic mass is 9.83. The molecule has 0 radical (unpaired) electrons. The van der Waals surface area contributed by atoms with Crippen LogP contribution < -0.4 is 0 Å². The zero-order chi connectivity index (χ0) is 12.6. The van der Waals surface area contributed by atoms with Gasteiger partial charge in [0.2, 0.25) is 0 Å². The number of thiocarbonyl (C=S) groups is 1. The fourth-order valence-electron chi connectivity index (χ4n) is 1.44. The van der Waals surface area contributed by atoms with Crippen molar-refractivity contribution in [2.75, 3.05) is 13.7 Å². The topological polar surface area (TPSA) is 21.6 Å². The molecular weight excluding hydrogens is 218 g/mol. The number of ether oxygens (including phenoxy) is 1. The predicted molar refractivity (Wildman–Crippen MR) is 72.8 cm³/mol. The molecule has 3 heteroatoms. The zero-order valence-electron chi connectivity index (χ0n) is 10.8. The molecule has 0 bridgehead atoms. The minimum Gasteiger partial charge on any atom is -0.497 e. The summed E-state index contributed by atoms with van der Waals surface area (Å²) in [6.45, 7) is 8.93. The fraction of sp³-hybridized carbons (Fsp3) is 0.615. The highest BCUT2D eigenvalue weighted by atomic mass is 32.1. The van der Waals surface area contributed by atoms with Crippen LogP contribution in [0.25, 0.3) is 0 Å². The van der Waals surface area contributed by atoms with E-state index in [9.17, 15) is 0 Å². The molecule has 0 aliphatic heterocycles. The molecule has 1 aliphatic rings. The van der Waals surface area contributed by atoms with E-state index in [1.165, 1.54) is 0 Å². The molecule has 1 aliphatic carbocycles. The van der Waals surface area contributed by atoms with Gasteiger partial charge in [-0.15, -0.1) is 0 Å². The van der Waals surface area contributed by atoms with E-state index in [2.05, 4.69) is 48.4 Å². The summed E-state index contributed by atoms with van der Waals surface area (Å²) in [7, 11) is 1.68. The first-order valence-corrected chi connectivity index (χ1v) is 6.00. The van der Waals surface area contributed by atoms with Crippen molar-refractivity contribution in [3.05, 3.63) is 23.5 Å². The van der Waals surface area contributed by atoms with Crippen LogP contribution in [0.1, 0.15) is 34.1 Å². The maximum atomic E-state index is 5.31. The van der Waals surface area contributed by atoms with Crippen molar-refractivity contribution in [3.8, 4) is 0 Å². The molecule has 0 heterocycles. The molecule has 0 amide bonds. The summed E-state index contributed by atoms with van der Waals surface area (Å²) in [5.41, 5.74) is 1.28. The average molecular weight is 239 g/mol. The Morgan fingerprint density at radius 3 is 2.62 bits per heavy atom. The van der Waals surface area contributed by atoms with Crippen molar-refractivity contribution in [1.29, 1.82) is 0 Å². The number of hydrogen-bond acceptors (Lipinski definition) is 3. The van der Waals surface area contributed by atoms with Gasteiger partial charge in [-0.1, -0.05) is 33.8 Å². The van der Waals surface area contributed by atoms with Gasteiger partial charge in [0.25, 0.3) is 0 Å². The summed E-state index contributed by atoms with van der Waals surface area (Å²) < 4.78 is 5.31. The summed E-state index contributed by atoms with van der Waals surface area (Å²) in [6, 6.07) is 0. The van der Waals surface area contributed by atoms with Crippen LogP contribution in [-0.4, -0.2) is 18.8 Å². The van der Waals surface area contributed by atoms with Gasteiger partial charge in [-0.25, -0.2) is 4.99 Å². The molecule has 2 nitrogen and oxygen atoms in total. The molecule has 0 atom stereocenters. The highest BCUT2D eigenvalue weighted by molar-refractivity contribution is 7.78. The summed E-state index contributed by atoms with van der Waals surface area (Å²) in [5.74, 6) is 0.912. The molecule has 0 aromatic rings. The Balaban J connectivity index is 0.00000106. The summed E-state index contributed by atoms with van der Waals surface area (Å²) >= 11 is 4.54. The Morgan fingerprint density at radius 2 is 2.12 bits per heavy atom. The van der Waals surface area contributed by atoms with E-state index in [1.54, 1.807) is 7.11 Å². The molecular formula is C13H21NOS. The van der Waals surface area contributed by atoms with Gasteiger partial charge in [0.05, 0.1) is 18.8 Å². The summed E-state index contributed by atoms with van der Waals surface area (Å²) in [4.78, 5) is 3.92. The molecule has 0 unspecified atom stereocenters. The number of aliphatic imine (C=N–C) groups is 1. The average Bonchev–Trinajstić information content (AvgIpc) is 2.29. The van der Waals surface area contributed by atoms with Crippen molar-refractivity contribution >= 4 is 17.4 Å². The second kappa shape index (κ2) is 7.37. The highest BCUT2D eigenvalue weighted by Crippen LogP contribution is 2.32. The molecule has 16 heavy (non-hydrogen) atoms. The van der Waals surface area contributed by atoms with Crippen LogP contribution in [0.2, 0.25) is 0 Å². The van der Waals surface area contributed by atoms with E-state index in [1.807, 2.05) is 13.8 Å². The van der Waals surface area contributed by atoms with E-state index >= 15 is 0 Å². The fourth-order valence-corrected chi connectivity index (χ4v) is 1.51. The molecule has 0 saturated heterocycles. The molecule has 0 aromatic heterocycles. The van der Waals surface area contributed by atoms with Crippen LogP contribution in [0.5, 0.6) is 0 Å². The lowest BCUT2D eigenvalue weighted by Gasteiger charge is -2.25. The lowest BCUT2D eigenvalue weighted by Crippen LogP contribution is -2.14. The first-order valence-electron chi connectivity index (χ1n) is 5.59. The van der Waals surface area contributed by atoms with Gasteiger partial charge in [-0.05, 0) is 30.1 Å². The van der Waals surface area contributed by atoms with Crippen molar-refractivity contribution in [1.82, 2.24) is 0 Å². The molecule has 90 valence electrons. The number of rotatable bonds is 3. The lowest BCUT2D eigenvalue weighted by molar-refractivity contribution is 0.283. The first kappa shape index (κ1) is 15.1. The monoisotopic (exact) mass is 239 g/mol. The first-order chi connectivity index (χ1) is 7.59. The van der Waals surface area contributed by atoms with Crippen molar-refractivity contribution in [2.24, 2.45) is 10.4 Å². The largest absolute Gasteiger partial charge is 0.497 e. The molecule has 1 rings (SSSR count). The Morgan fingerprint density at radius 1 is 1.50 bits per heavy atom. The van der Waals surface area contributed by atoms with E-state index in [4.69, 9.17) is 4.74 Å². The van der Waals surface area contributed by atoms with Crippen LogP contribution in [0.4, 0.5) is 0 Å². The van der Waals surface area contributed by atoms with Gasteiger partial charge >= 0.3 is 0 Å². The minimum atomic E-state index is 0.177. The Labute approximate surface area is 104 Å². The maximum absolute atomic E-state index is 5.31. The Bertz CT molecular complexity index is 323. The van der Waals surface area contributed by atoms with Crippen LogP contribution >= 0.6 is 12.2 Å². The van der Waals surface area contributed by atoms with E-state index in [0.29, 0.717) is 6.54 Å². The van der Waals surface area contributed by atoms with Gasteiger partial charge in [0, 0.05) is 5.57 Å². The summed E-state index contributed by atoms with van der Waals surface area (Å²) in [6.07, 6.45) is 5.32. The minimum absolute atomic E-state index is 0.177. The van der Waals surface area contributed by atoms with E-state index < -0.39 is 0 Å². The van der Waals surface area contributed by atoms with Crippen molar-refractivity contribution in [3.63, 3.8) is 0 Å². The number of methoxy groups -OCH3 is 1. The second-order valence-electron chi connectivity index (χ2n) is 4.04. The molecule has 0 N–H and O–H groups in total. The number of hydrogen-bond donors (Lipinski definition) is 0. The van der Waals surface area contributed by atoms with Crippen LogP contribution in [0.3, 0.4) is 0 Å². The van der Waals surface area contributed by atoms with Gasteiger partial charge in [-0.2, -0.15) is 0 Å². The molecule has 0 spiro atoms. The molecule has 0 aromatic carbocycles. The number of nitrogens with zero attached hydrogens (tertiary/aromatic N) is 1.